The lowest BCUT2D eigenvalue weighted by Crippen LogP contribution is -2.12. The maximum Gasteiger partial charge on any atom is 0.265 e. The molecule has 0 aliphatic heterocycles. The number of aryl methyl sites for hydroxylation is 1. The molecule has 0 bridgehead atoms. The SMILES string of the molecule is N#Cc1ccc(CCC(=O)Nc2nc(-c3c[nH]c(C(N)=O)c3)cs2)cc1. The Labute approximate surface area is 153 Å². The summed E-state index contributed by atoms with van der Waals surface area (Å²) < 4.78 is 0. The minimum Gasteiger partial charge on any atom is -0.364 e. The standard InChI is InChI=1S/C18H15N5O2S/c19-8-12-3-1-11(2-4-12)5-6-16(24)23-18-22-15(10-26-18)13-7-14(17(20)25)21-9-13/h1-4,7,9-10,21H,5-6H2,(H2,20,25)(H,22,23,24). The fourth-order valence-corrected chi connectivity index (χ4v) is 3.07. The van der Waals surface area contributed by atoms with Crippen molar-refractivity contribution in [2.24, 2.45) is 5.73 Å². The van der Waals surface area contributed by atoms with Crippen LogP contribution in [-0.4, -0.2) is 21.8 Å². The number of anilines is 1. The van der Waals surface area contributed by atoms with Crippen LogP contribution in [0.3, 0.4) is 0 Å². The topological polar surface area (TPSA) is 125 Å². The molecule has 3 rings (SSSR count). The molecule has 26 heavy (non-hydrogen) atoms. The summed E-state index contributed by atoms with van der Waals surface area (Å²) in [4.78, 5) is 30.3. The van der Waals surface area contributed by atoms with Crippen LogP contribution < -0.4 is 11.1 Å². The summed E-state index contributed by atoms with van der Waals surface area (Å²) >= 11 is 1.31. The molecule has 2 heterocycles. The monoisotopic (exact) mass is 365 g/mol. The molecule has 2 aromatic heterocycles. The number of hydrogen-bond acceptors (Lipinski definition) is 5. The van der Waals surface area contributed by atoms with Crippen LogP contribution in [0, 0.1) is 11.3 Å². The zero-order valence-electron chi connectivity index (χ0n) is 13.7. The van der Waals surface area contributed by atoms with Gasteiger partial charge in [0, 0.05) is 23.6 Å². The number of thiazole rings is 1. The first kappa shape index (κ1) is 17.4. The molecule has 1 aromatic carbocycles. The summed E-state index contributed by atoms with van der Waals surface area (Å²) in [5.74, 6) is -0.676. The van der Waals surface area contributed by atoms with Gasteiger partial charge in [-0.2, -0.15) is 5.26 Å². The molecule has 0 unspecified atom stereocenters. The second-order valence-electron chi connectivity index (χ2n) is 5.56. The Balaban J connectivity index is 1.56. The molecule has 4 N–H and O–H groups in total. The summed E-state index contributed by atoms with van der Waals surface area (Å²) in [7, 11) is 0. The van der Waals surface area contributed by atoms with E-state index in [1.165, 1.54) is 11.3 Å². The van der Waals surface area contributed by atoms with Gasteiger partial charge in [0.1, 0.15) is 5.69 Å². The molecule has 0 radical (unpaired) electrons. The lowest BCUT2D eigenvalue weighted by Gasteiger charge is -2.02. The van der Waals surface area contributed by atoms with Gasteiger partial charge in [-0.25, -0.2) is 4.98 Å². The third kappa shape index (κ3) is 4.15. The number of amides is 2. The van der Waals surface area contributed by atoms with E-state index in [0.29, 0.717) is 34.9 Å². The van der Waals surface area contributed by atoms with Gasteiger partial charge in [0.2, 0.25) is 5.91 Å². The molecule has 0 aliphatic rings. The summed E-state index contributed by atoms with van der Waals surface area (Å²) in [6, 6.07) is 10.8. The fourth-order valence-electron chi connectivity index (χ4n) is 2.33. The fraction of sp³-hybridized carbons (Fsp3) is 0.111. The van der Waals surface area contributed by atoms with Crippen molar-refractivity contribution >= 4 is 28.3 Å². The predicted molar refractivity (Wildman–Crippen MR) is 98.5 cm³/mol. The molecule has 0 spiro atoms. The minimum atomic E-state index is -0.539. The van der Waals surface area contributed by atoms with Crippen LogP contribution in [0.2, 0.25) is 0 Å². The van der Waals surface area contributed by atoms with E-state index in [9.17, 15) is 9.59 Å². The number of benzene rings is 1. The number of hydrogen-bond donors (Lipinski definition) is 3. The van der Waals surface area contributed by atoms with Crippen molar-refractivity contribution in [3.63, 3.8) is 0 Å². The first-order valence-corrected chi connectivity index (χ1v) is 8.66. The van der Waals surface area contributed by atoms with Gasteiger partial charge in [-0.15, -0.1) is 11.3 Å². The van der Waals surface area contributed by atoms with Crippen molar-refractivity contribution in [1.82, 2.24) is 9.97 Å². The van der Waals surface area contributed by atoms with E-state index in [2.05, 4.69) is 21.4 Å². The molecular weight excluding hydrogens is 350 g/mol. The smallest absolute Gasteiger partial charge is 0.265 e. The first-order valence-electron chi connectivity index (χ1n) is 7.78. The van der Waals surface area contributed by atoms with Crippen molar-refractivity contribution in [3.05, 3.63) is 58.7 Å². The highest BCUT2D eigenvalue weighted by Crippen LogP contribution is 2.25. The molecule has 0 atom stereocenters. The molecule has 130 valence electrons. The second kappa shape index (κ2) is 7.63. The summed E-state index contributed by atoms with van der Waals surface area (Å²) in [6.07, 6.45) is 2.54. The Morgan fingerprint density at radius 1 is 1.31 bits per heavy atom. The van der Waals surface area contributed by atoms with Gasteiger partial charge in [0.05, 0.1) is 17.3 Å². The van der Waals surface area contributed by atoms with Crippen LogP contribution in [-0.2, 0) is 11.2 Å². The van der Waals surface area contributed by atoms with Gasteiger partial charge in [-0.1, -0.05) is 12.1 Å². The number of nitriles is 1. The van der Waals surface area contributed by atoms with E-state index < -0.39 is 5.91 Å². The lowest BCUT2D eigenvalue weighted by molar-refractivity contribution is -0.116. The van der Waals surface area contributed by atoms with Crippen LogP contribution in [0.15, 0.2) is 41.9 Å². The van der Waals surface area contributed by atoms with Crippen molar-refractivity contribution in [2.75, 3.05) is 5.32 Å². The normalized spacial score (nSPS) is 10.3. The molecule has 8 heteroatoms. The number of aromatic amines is 1. The van der Waals surface area contributed by atoms with Gasteiger partial charge >= 0.3 is 0 Å². The van der Waals surface area contributed by atoms with Crippen LogP contribution >= 0.6 is 11.3 Å². The van der Waals surface area contributed by atoms with E-state index in [4.69, 9.17) is 11.0 Å². The highest BCUT2D eigenvalue weighted by Gasteiger charge is 2.11. The third-order valence-corrected chi connectivity index (χ3v) is 4.48. The number of H-pyrrole nitrogens is 1. The van der Waals surface area contributed by atoms with Crippen LogP contribution in [0.5, 0.6) is 0 Å². The molecule has 2 amide bonds. The molecule has 3 aromatic rings. The number of nitrogens with one attached hydrogen (secondary N) is 2. The molecule has 0 fully saturated rings. The highest BCUT2D eigenvalue weighted by molar-refractivity contribution is 7.14. The number of aromatic nitrogens is 2. The molecule has 0 aliphatic carbocycles. The van der Waals surface area contributed by atoms with E-state index in [0.717, 1.165) is 11.1 Å². The number of nitrogens with zero attached hydrogens (tertiary/aromatic N) is 2. The van der Waals surface area contributed by atoms with Crippen LogP contribution in [0.25, 0.3) is 11.3 Å². The largest absolute Gasteiger partial charge is 0.364 e. The Kier molecular flexibility index (Phi) is 5.10. The van der Waals surface area contributed by atoms with Gasteiger partial charge in [-0.05, 0) is 30.2 Å². The van der Waals surface area contributed by atoms with Crippen molar-refractivity contribution in [2.45, 2.75) is 12.8 Å². The van der Waals surface area contributed by atoms with Gasteiger partial charge < -0.3 is 16.0 Å². The number of primary amides is 1. The second-order valence-corrected chi connectivity index (χ2v) is 6.42. The maximum absolute atomic E-state index is 12.1. The predicted octanol–water partition coefficient (Wildman–Crippen LogP) is 2.68. The zero-order valence-corrected chi connectivity index (χ0v) is 14.5. The van der Waals surface area contributed by atoms with Crippen LogP contribution in [0.4, 0.5) is 5.13 Å². The first-order chi connectivity index (χ1) is 12.5. The Bertz CT molecular complexity index is 982. The van der Waals surface area contributed by atoms with Gasteiger partial charge in [-0.3, -0.25) is 9.59 Å². The number of rotatable bonds is 6. The third-order valence-electron chi connectivity index (χ3n) is 3.72. The molecule has 0 saturated heterocycles. The number of nitrogens with two attached hydrogens (primary N) is 1. The van der Waals surface area contributed by atoms with E-state index >= 15 is 0 Å². The summed E-state index contributed by atoms with van der Waals surface area (Å²) in [5.41, 5.74) is 8.49. The Hall–Kier alpha value is -3.44. The molecular formula is C18H15N5O2S. The minimum absolute atomic E-state index is 0.137. The summed E-state index contributed by atoms with van der Waals surface area (Å²) in [6.45, 7) is 0. The van der Waals surface area contributed by atoms with E-state index in [1.807, 2.05) is 12.1 Å². The number of carbonyl (C=O) groups excluding carboxylic acids is 2. The zero-order chi connectivity index (χ0) is 18.5. The van der Waals surface area contributed by atoms with E-state index in [1.54, 1.807) is 29.8 Å². The van der Waals surface area contributed by atoms with Crippen molar-refractivity contribution in [3.8, 4) is 17.3 Å². The number of carbonyl (C=O) groups is 2. The highest BCUT2D eigenvalue weighted by atomic mass is 32.1. The van der Waals surface area contributed by atoms with Gasteiger partial charge in [0.25, 0.3) is 5.91 Å². The van der Waals surface area contributed by atoms with Gasteiger partial charge in [0.15, 0.2) is 5.13 Å². The average molecular weight is 365 g/mol. The lowest BCUT2D eigenvalue weighted by atomic mass is 10.1. The van der Waals surface area contributed by atoms with E-state index in [-0.39, 0.29) is 5.91 Å². The van der Waals surface area contributed by atoms with Crippen LogP contribution in [0.1, 0.15) is 28.0 Å². The maximum atomic E-state index is 12.1. The Morgan fingerprint density at radius 3 is 2.73 bits per heavy atom. The quantitative estimate of drug-likeness (QED) is 0.621. The average Bonchev–Trinajstić information content (AvgIpc) is 3.29. The van der Waals surface area contributed by atoms with Crippen molar-refractivity contribution in [1.29, 1.82) is 5.26 Å². The van der Waals surface area contributed by atoms with Crippen molar-refractivity contribution < 1.29 is 9.59 Å². The Morgan fingerprint density at radius 2 is 2.08 bits per heavy atom. The molecule has 0 saturated carbocycles. The summed E-state index contributed by atoms with van der Waals surface area (Å²) in [5, 5.41) is 13.8. The molecule has 7 nitrogen and oxygen atoms in total.